The summed E-state index contributed by atoms with van der Waals surface area (Å²) in [5.74, 6) is 0.942. The summed E-state index contributed by atoms with van der Waals surface area (Å²) in [6, 6.07) is 8.45. The number of aryl methyl sites for hydroxylation is 1. The third kappa shape index (κ3) is 4.28. The van der Waals surface area contributed by atoms with Crippen molar-refractivity contribution in [2.24, 2.45) is 5.92 Å². The molecule has 1 rings (SSSR count). The minimum absolute atomic E-state index is 0.273. The fraction of sp³-hybridized carbons (Fsp3) is 0.500. The number of carbonyl (C=O) groups is 1. The van der Waals surface area contributed by atoms with Gasteiger partial charge in [0.25, 0.3) is 0 Å². The van der Waals surface area contributed by atoms with Crippen LogP contribution in [0.1, 0.15) is 38.3 Å². The summed E-state index contributed by atoms with van der Waals surface area (Å²) >= 11 is 0. The van der Waals surface area contributed by atoms with E-state index in [1.165, 1.54) is 11.1 Å². The third-order valence-electron chi connectivity index (χ3n) is 2.49. The van der Waals surface area contributed by atoms with E-state index in [9.17, 15) is 4.79 Å². The van der Waals surface area contributed by atoms with Crippen LogP contribution in [-0.4, -0.2) is 5.78 Å². The maximum absolute atomic E-state index is 11.0. The molecule has 15 heavy (non-hydrogen) atoms. The summed E-state index contributed by atoms with van der Waals surface area (Å²) in [5, 5.41) is 0. The van der Waals surface area contributed by atoms with E-state index in [0.29, 0.717) is 12.3 Å². The van der Waals surface area contributed by atoms with Gasteiger partial charge >= 0.3 is 0 Å². The Kier molecular flexibility index (Phi) is 4.54. The molecule has 0 spiro atoms. The minimum Gasteiger partial charge on any atom is -0.300 e. The molecule has 0 bridgehead atoms. The summed E-state index contributed by atoms with van der Waals surface area (Å²) in [7, 11) is 0. The molecule has 0 heterocycles. The zero-order valence-corrected chi connectivity index (χ0v) is 9.92. The van der Waals surface area contributed by atoms with Crippen LogP contribution in [0.5, 0.6) is 0 Å². The van der Waals surface area contributed by atoms with Crippen molar-refractivity contribution in [2.45, 2.75) is 40.0 Å². The normalized spacial score (nSPS) is 10.7. The Morgan fingerprint density at radius 2 is 1.80 bits per heavy atom. The van der Waals surface area contributed by atoms with E-state index in [4.69, 9.17) is 0 Å². The second-order valence-corrected chi connectivity index (χ2v) is 4.57. The third-order valence-corrected chi connectivity index (χ3v) is 2.49. The smallest absolute Gasteiger partial charge is 0.130 e. The van der Waals surface area contributed by atoms with Gasteiger partial charge in [0.1, 0.15) is 5.78 Å². The van der Waals surface area contributed by atoms with Crippen molar-refractivity contribution in [2.75, 3.05) is 0 Å². The first-order valence-corrected chi connectivity index (χ1v) is 5.66. The van der Waals surface area contributed by atoms with Crippen molar-refractivity contribution in [3.05, 3.63) is 35.4 Å². The second-order valence-electron chi connectivity index (χ2n) is 4.57. The van der Waals surface area contributed by atoms with E-state index in [1.807, 2.05) is 0 Å². The van der Waals surface area contributed by atoms with Crippen LogP contribution >= 0.6 is 0 Å². The summed E-state index contributed by atoms with van der Waals surface area (Å²) in [4.78, 5) is 11.0. The Labute approximate surface area is 92.5 Å². The molecule has 0 atom stereocenters. The van der Waals surface area contributed by atoms with Crippen LogP contribution in [0, 0.1) is 5.92 Å². The van der Waals surface area contributed by atoms with E-state index in [1.54, 1.807) is 6.92 Å². The van der Waals surface area contributed by atoms with Gasteiger partial charge in [-0.15, -0.1) is 0 Å². The average Bonchev–Trinajstić information content (AvgIpc) is 2.15. The van der Waals surface area contributed by atoms with Crippen molar-refractivity contribution in [3.8, 4) is 0 Å². The number of Topliss-reactive ketones (excluding diaryl/α,β-unsaturated/α-hetero) is 1. The number of hydrogen-bond donors (Lipinski definition) is 0. The van der Waals surface area contributed by atoms with Gasteiger partial charge in [0.2, 0.25) is 0 Å². The highest BCUT2D eigenvalue weighted by Crippen LogP contribution is 2.15. The number of hydrogen-bond acceptors (Lipinski definition) is 1. The van der Waals surface area contributed by atoms with E-state index < -0.39 is 0 Å². The highest BCUT2D eigenvalue weighted by Gasteiger charge is 2.04. The molecular formula is C14H20O. The van der Waals surface area contributed by atoms with E-state index in [2.05, 4.69) is 38.1 Å². The number of carbonyl (C=O) groups excluding carboxylic acids is 1. The Morgan fingerprint density at radius 1 is 1.20 bits per heavy atom. The minimum atomic E-state index is 0.273. The van der Waals surface area contributed by atoms with Gasteiger partial charge in [-0.2, -0.15) is 0 Å². The molecule has 1 heteroatoms. The van der Waals surface area contributed by atoms with Gasteiger partial charge in [-0.25, -0.2) is 0 Å². The lowest BCUT2D eigenvalue weighted by molar-refractivity contribution is -0.116. The fourth-order valence-corrected chi connectivity index (χ4v) is 1.75. The molecular weight excluding hydrogens is 184 g/mol. The van der Waals surface area contributed by atoms with Crippen LogP contribution in [0.15, 0.2) is 24.3 Å². The molecule has 82 valence electrons. The maximum atomic E-state index is 11.0. The molecule has 0 aromatic heterocycles. The van der Waals surface area contributed by atoms with Crippen molar-refractivity contribution in [3.63, 3.8) is 0 Å². The lowest BCUT2D eigenvalue weighted by atomic mass is 9.95. The van der Waals surface area contributed by atoms with Gasteiger partial charge in [-0.05, 0) is 36.8 Å². The van der Waals surface area contributed by atoms with Gasteiger partial charge in [-0.1, -0.05) is 38.1 Å². The average molecular weight is 204 g/mol. The Hall–Kier alpha value is -1.11. The lowest BCUT2D eigenvalue weighted by Crippen LogP contribution is -2.01. The molecule has 1 aromatic rings. The second kappa shape index (κ2) is 5.69. The molecule has 0 N–H and O–H groups in total. The van der Waals surface area contributed by atoms with Crippen molar-refractivity contribution >= 4 is 5.78 Å². The first-order valence-electron chi connectivity index (χ1n) is 5.66. The monoisotopic (exact) mass is 204 g/mol. The molecule has 1 nitrogen and oxygen atoms in total. The lowest BCUT2D eigenvalue weighted by Gasteiger charge is -2.10. The van der Waals surface area contributed by atoms with Gasteiger partial charge in [0.15, 0.2) is 0 Å². The molecule has 1 aromatic carbocycles. The predicted octanol–water partition coefficient (Wildman–Crippen LogP) is 3.41. The molecule has 0 amide bonds. The van der Waals surface area contributed by atoms with Crippen LogP contribution < -0.4 is 0 Å². The van der Waals surface area contributed by atoms with Crippen LogP contribution in [0.4, 0.5) is 0 Å². The zero-order chi connectivity index (χ0) is 11.3. The molecule has 0 aliphatic heterocycles. The van der Waals surface area contributed by atoms with E-state index in [0.717, 1.165) is 12.8 Å². The first kappa shape index (κ1) is 12.0. The number of benzene rings is 1. The van der Waals surface area contributed by atoms with Crippen molar-refractivity contribution < 1.29 is 4.79 Å². The summed E-state index contributed by atoms with van der Waals surface area (Å²) in [6.45, 7) is 6.11. The largest absolute Gasteiger partial charge is 0.300 e. The Balaban J connectivity index is 2.72. The SMILES string of the molecule is CC(=O)CCc1ccccc1CC(C)C. The maximum Gasteiger partial charge on any atom is 0.130 e. The highest BCUT2D eigenvalue weighted by atomic mass is 16.1. The number of rotatable bonds is 5. The molecule has 0 aliphatic carbocycles. The highest BCUT2D eigenvalue weighted by molar-refractivity contribution is 5.75. The van der Waals surface area contributed by atoms with Crippen LogP contribution in [0.25, 0.3) is 0 Å². The standard InChI is InChI=1S/C14H20O/c1-11(2)10-14-7-5-4-6-13(14)9-8-12(3)15/h4-7,11H,8-10H2,1-3H3. The molecule has 0 saturated heterocycles. The topological polar surface area (TPSA) is 17.1 Å². The van der Waals surface area contributed by atoms with Gasteiger partial charge in [0.05, 0.1) is 0 Å². The molecule has 0 radical (unpaired) electrons. The molecule has 0 fully saturated rings. The molecule has 0 aliphatic rings. The van der Waals surface area contributed by atoms with Crippen molar-refractivity contribution in [1.29, 1.82) is 0 Å². The Morgan fingerprint density at radius 3 is 2.33 bits per heavy atom. The summed E-state index contributed by atoms with van der Waals surface area (Å²) in [6.07, 6.45) is 2.65. The van der Waals surface area contributed by atoms with E-state index in [-0.39, 0.29) is 5.78 Å². The summed E-state index contributed by atoms with van der Waals surface area (Å²) < 4.78 is 0. The van der Waals surface area contributed by atoms with Gasteiger partial charge in [-0.3, -0.25) is 0 Å². The van der Waals surface area contributed by atoms with Crippen LogP contribution in [-0.2, 0) is 17.6 Å². The summed E-state index contributed by atoms with van der Waals surface area (Å²) in [5.41, 5.74) is 2.73. The van der Waals surface area contributed by atoms with E-state index >= 15 is 0 Å². The van der Waals surface area contributed by atoms with Crippen LogP contribution in [0.3, 0.4) is 0 Å². The molecule has 0 unspecified atom stereocenters. The quantitative estimate of drug-likeness (QED) is 0.718. The fourth-order valence-electron chi connectivity index (χ4n) is 1.75. The molecule has 0 saturated carbocycles. The zero-order valence-electron chi connectivity index (χ0n) is 9.92. The predicted molar refractivity (Wildman–Crippen MR) is 64.0 cm³/mol. The Bertz CT molecular complexity index is 326. The van der Waals surface area contributed by atoms with Crippen molar-refractivity contribution in [1.82, 2.24) is 0 Å². The van der Waals surface area contributed by atoms with Gasteiger partial charge in [0, 0.05) is 6.42 Å². The number of ketones is 1. The van der Waals surface area contributed by atoms with Crippen LogP contribution in [0.2, 0.25) is 0 Å². The van der Waals surface area contributed by atoms with Gasteiger partial charge < -0.3 is 4.79 Å². The first-order chi connectivity index (χ1) is 7.09.